The largest absolute Gasteiger partial charge is 0.394 e. The fraction of sp³-hybridized carbons (Fsp3) is 0.333. The number of hydrogen-bond donors (Lipinski definition) is 3. The molecule has 0 amide bonds. The molecule has 84 valence electrons. The number of hydrogen-bond acceptors (Lipinski definition) is 3. The highest BCUT2D eigenvalue weighted by Crippen LogP contribution is 2.26. The zero-order chi connectivity index (χ0) is 11.4. The van der Waals surface area contributed by atoms with Crippen LogP contribution in [-0.2, 0) is 0 Å². The first-order chi connectivity index (χ1) is 7.04. The quantitative estimate of drug-likeness (QED) is 0.784. The van der Waals surface area contributed by atoms with Crippen molar-refractivity contribution in [2.75, 3.05) is 18.5 Å². The smallest absolute Gasteiger partial charge is 0.150 e. The second-order valence-corrected chi connectivity index (χ2v) is 3.82. The van der Waals surface area contributed by atoms with E-state index in [4.69, 9.17) is 10.2 Å². The van der Waals surface area contributed by atoms with Gasteiger partial charge in [0.2, 0.25) is 0 Å². The van der Waals surface area contributed by atoms with E-state index in [2.05, 4.69) is 21.2 Å². The molecule has 15 heavy (non-hydrogen) atoms. The maximum absolute atomic E-state index is 13.2. The van der Waals surface area contributed by atoms with Crippen LogP contribution in [0, 0.1) is 11.6 Å². The Kier molecular flexibility index (Phi) is 4.44. The van der Waals surface area contributed by atoms with Crippen LogP contribution in [0.1, 0.15) is 0 Å². The van der Waals surface area contributed by atoms with Crippen molar-refractivity contribution in [3.63, 3.8) is 0 Å². The lowest BCUT2D eigenvalue weighted by Gasteiger charge is -2.12. The van der Waals surface area contributed by atoms with Crippen LogP contribution in [0.4, 0.5) is 14.5 Å². The molecule has 1 aromatic rings. The molecular weight excluding hydrogens is 272 g/mol. The lowest BCUT2D eigenvalue weighted by molar-refractivity contribution is 0.105. The van der Waals surface area contributed by atoms with Crippen molar-refractivity contribution in [1.82, 2.24) is 0 Å². The van der Waals surface area contributed by atoms with Gasteiger partial charge in [0, 0.05) is 17.1 Å². The Labute approximate surface area is 93.9 Å². The van der Waals surface area contributed by atoms with Gasteiger partial charge in [0.05, 0.1) is 18.4 Å². The monoisotopic (exact) mass is 281 g/mol. The predicted molar refractivity (Wildman–Crippen MR) is 55.6 cm³/mol. The number of halogens is 3. The molecule has 0 aliphatic carbocycles. The molecule has 0 aliphatic rings. The van der Waals surface area contributed by atoms with Crippen LogP contribution >= 0.6 is 15.9 Å². The molecule has 0 saturated carbocycles. The van der Waals surface area contributed by atoms with Gasteiger partial charge in [0.25, 0.3) is 0 Å². The number of nitrogens with one attached hydrogen (secondary N) is 1. The van der Waals surface area contributed by atoms with E-state index in [-0.39, 0.29) is 16.7 Å². The van der Waals surface area contributed by atoms with Crippen LogP contribution in [-0.4, -0.2) is 29.5 Å². The molecule has 0 radical (unpaired) electrons. The fourth-order valence-electron chi connectivity index (χ4n) is 0.996. The maximum atomic E-state index is 13.2. The Morgan fingerprint density at radius 2 is 2.07 bits per heavy atom. The Hall–Kier alpha value is -0.720. The summed E-state index contributed by atoms with van der Waals surface area (Å²) in [4.78, 5) is 0. The summed E-state index contributed by atoms with van der Waals surface area (Å²) in [7, 11) is 0. The van der Waals surface area contributed by atoms with Gasteiger partial charge >= 0.3 is 0 Å². The molecule has 0 saturated heterocycles. The third kappa shape index (κ3) is 3.40. The van der Waals surface area contributed by atoms with Gasteiger partial charge < -0.3 is 15.5 Å². The summed E-state index contributed by atoms with van der Waals surface area (Å²) in [5.74, 6) is -1.44. The maximum Gasteiger partial charge on any atom is 0.150 e. The van der Waals surface area contributed by atoms with E-state index in [1.165, 1.54) is 0 Å². The summed E-state index contributed by atoms with van der Waals surface area (Å²) < 4.78 is 26.1. The van der Waals surface area contributed by atoms with Gasteiger partial charge in [-0.3, -0.25) is 0 Å². The molecule has 1 rings (SSSR count). The van der Waals surface area contributed by atoms with Gasteiger partial charge in [-0.25, -0.2) is 8.78 Å². The summed E-state index contributed by atoms with van der Waals surface area (Å²) in [6, 6.07) is 1.84. The third-order valence-corrected chi connectivity index (χ3v) is 2.36. The van der Waals surface area contributed by atoms with Crippen LogP contribution in [0.3, 0.4) is 0 Å². The second kappa shape index (κ2) is 5.39. The third-order valence-electron chi connectivity index (χ3n) is 1.73. The van der Waals surface area contributed by atoms with E-state index in [9.17, 15) is 8.78 Å². The highest BCUT2D eigenvalue weighted by molar-refractivity contribution is 9.10. The summed E-state index contributed by atoms with van der Waals surface area (Å²) in [6.07, 6.45) is -0.985. The van der Waals surface area contributed by atoms with Crippen LogP contribution in [0.15, 0.2) is 16.6 Å². The SMILES string of the molecule is OCC(O)CNc1c(F)cc(F)cc1Br. The molecule has 6 heteroatoms. The molecule has 0 bridgehead atoms. The first-order valence-corrected chi connectivity index (χ1v) is 5.01. The molecule has 1 atom stereocenters. The molecule has 0 aromatic heterocycles. The normalized spacial score (nSPS) is 12.6. The highest BCUT2D eigenvalue weighted by Gasteiger charge is 2.10. The van der Waals surface area contributed by atoms with Crippen LogP contribution in [0.25, 0.3) is 0 Å². The van der Waals surface area contributed by atoms with Gasteiger partial charge in [0.15, 0.2) is 0 Å². The zero-order valence-corrected chi connectivity index (χ0v) is 9.26. The Morgan fingerprint density at radius 3 is 2.60 bits per heavy atom. The molecule has 0 aliphatic heterocycles. The average Bonchev–Trinajstić information content (AvgIpc) is 2.15. The highest BCUT2D eigenvalue weighted by atomic mass is 79.9. The fourth-order valence-corrected chi connectivity index (χ4v) is 1.54. The first-order valence-electron chi connectivity index (χ1n) is 4.22. The minimum atomic E-state index is -0.985. The zero-order valence-electron chi connectivity index (χ0n) is 7.67. The van der Waals surface area contributed by atoms with Gasteiger partial charge in [-0.05, 0) is 22.0 Å². The summed E-state index contributed by atoms with van der Waals surface area (Å²) in [5.41, 5.74) is 0.0592. The average molecular weight is 282 g/mol. The van der Waals surface area contributed by atoms with Gasteiger partial charge in [-0.15, -0.1) is 0 Å². The molecule has 3 N–H and O–H groups in total. The van der Waals surface area contributed by atoms with Crippen LogP contribution in [0.5, 0.6) is 0 Å². The van der Waals surface area contributed by atoms with Crippen LogP contribution in [0.2, 0.25) is 0 Å². The van der Waals surface area contributed by atoms with E-state index >= 15 is 0 Å². The van der Waals surface area contributed by atoms with Gasteiger partial charge in [-0.1, -0.05) is 0 Å². The standard InChI is InChI=1S/C9H10BrF2NO2/c10-7-1-5(11)2-8(12)9(7)13-3-6(15)4-14/h1-2,6,13-15H,3-4H2. The van der Waals surface area contributed by atoms with E-state index < -0.39 is 24.3 Å². The van der Waals surface area contributed by atoms with Crippen molar-refractivity contribution in [3.8, 4) is 0 Å². The molecule has 1 unspecified atom stereocenters. The van der Waals surface area contributed by atoms with Gasteiger partial charge in [-0.2, -0.15) is 0 Å². The lowest BCUT2D eigenvalue weighted by Crippen LogP contribution is -2.23. The predicted octanol–water partition coefficient (Wildman–Crippen LogP) is 1.49. The minimum Gasteiger partial charge on any atom is -0.394 e. The molecule has 1 aromatic carbocycles. The number of rotatable bonds is 4. The van der Waals surface area contributed by atoms with Crippen molar-refractivity contribution >= 4 is 21.6 Å². The Balaban J connectivity index is 2.77. The van der Waals surface area contributed by atoms with Crippen molar-refractivity contribution < 1.29 is 19.0 Å². The summed E-state index contributed by atoms with van der Waals surface area (Å²) in [5, 5.41) is 20.1. The number of aliphatic hydroxyl groups is 2. The van der Waals surface area contributed by atoms with Crippen LogP contribution < -0.4 is 5.32 Å². The summed E-state index contributed by atoms with van der Waals surface area (Å²) >= 11 is 2.98. The second-order valence-electron chi connectivity index (χ2n) is 2.96. The topological polar surface area (TPSA) is 52.5 Å². The van der Waals surface area contributed by atoms with E-state index in [1.54, 1.807) is 0 Å². The van der Waals surface area contributed by atoms with E-state index in [0.29, 0.717) is 0 Å². The molecule has 3 nitrogen and oxygen atoms in total. The van der Waals surface area contributed by atoms with Crippen molar-refractivity contribution in [3.05, 3.63) is 28.2 Å². The Bertz CT molecular complexity index is 326. The van der Waals surface area contributed by atoms with Crippen molar-refractivity contribution in [2.24, 2.45) is 0 Å². The lowest BCUT2D eigenvalue weighted by atomic mass is 10.3. The van der Waals surface area contributed by atoms with Crippen molar-refractivity contribution in [2.45, 2.75) is 6.10 Å². The van der Waals surface area contributed by atoms with Crippen molar-refractivity contribution in [1.29, 1.82) is 0 Å². The molecule has 0 heterocycles. The Morgan fingerprint density at radius 1 is 1.40 bits per heavy atom. The molecule has 0 fully saturated rings. The van der Waals surface area contributed by atoms with E-state index in [1.807, 2.05) is 0 Å². The minimum absolute atomic E-state index is 0.0162. The first kappa shape index (κ1) is 12.4. The molecule has 0 spiro atoms. The number of benzene rings is 1. The number of aliphatic hydroxyl groups excluding tert-OH is 2. The van der Waals surface area contributed by atoms with Gasteiger partial charge in [0.1, 0.15) is 11.6 Å². The summed E-state index contributed by atoms with van der Waals surface area (Å²) in [6.45, 7) is -0.439. The number of anilines is 1. The molecular formula is C9H10BrF2NO2. The van der Waals surface area contributed by atoms with E-state index in [0.717, 1.165) is 12.1 Å².